The van der Waals surface area contributed by atoms with E-state index >= 15 is 0 Å². The monoisotopic (exact) mass is 378 g/mol. The number of aliphatic imine (C=N–C) groups is 1. The van der Waals surface area contributed by atoms with E-state index in [9.17, 15) is 19.7 Å². The minimum Gasteiger partial charge on any atom is -0.446 e. The molecule has 0 bridgehead atoms. The number of nitrogens with one attached hydrogen (secondary N) is 1. The van der Waals surface area contributed by atoms with Crippen molar-refractivity contribution in [2.24, 2.45) is 10.7 Å². The van der Waals surface area contributed by atoms with E-state index in [4.69, 9.17) is 28.9 Å². The molecule has 12 heteroatoms. The van der Waals surface area contributed by atoms with Gasteiger partial charge in [-0.15, -0.1) is 15.1 Å². The summed E-state index contributed by atoms with van der Waals surface area (Å²) >= 11 is 11.9. The number of benzene rings is 1. The third-order valence-electron chi connectivity index (χ3n) is 2.38. The van der Waals surface area contributed by atoms with Crippen molar-refractivity contribution in [2.45, 2.75) is 6.42 Å². The molecule has 1 rings (SSSR count). The Bertz CT molecular complexity index is 647. The van der Waals surface area contributed by atoms with Gasteiger partial charge in [0, 0.05) is 10.0 Å². The van der Waals surface area contributed by atoms with E-state index in [1.54, 1.807) is 18.2 Å². The van der Waals surface area contributed by atoms with Crippen LogP contribution in [-0.4, -0.2) is 36.3 Å². The molecule has 0 spiro atoms. The van der Waals surface area contributed by atoms with Crippen LogP contribution in [0.1, 0.15) is 5.56 Å². The summed E-state index contributed by atoms with van der Waals surface area (Å²) in [5.41, 5.74) is 5.76. The van der Waals surface area contributed by atoms with E-state index in [1.165, 1.54) is 0 Å². The number of rotatable bonds is 6. The molecule has 10 nitrogen and oxygen atoms in total. The predicted molar refractivity (Wildman–Crippen MR) is 84.2 cm³/mol. The first-order valence-corrected chi connectivity index (χ1v) is 7.06. The van der Waals surface area contributed by atoms with Crippen molar-refractivity contribution in [1.29, 1.82) is 0 Å². The summed E-state index contributed by atoms with van der Waals surface area (Å²) in [5.74, 6) is -1.11. The highest BCUT2D eigenvalue weighted by molar-refractivity contribution is 6.36. The Labute approximate surface area is 145 Å². The Balaban J connectivity index is 2.48. The second kappa shape index (κ2) is 9.53. The van der Waals surface area contributed by atoms with Crippen LogP contribution in [0.2, 0.25) is 10.0 Å². The van der Waals surface area contributed by atoms with E-state index < -0.39 is 36.3 Å². The Hall–Kier alpha value is -2.59. The van der Waals surface area contributed by atoms with Crippen molar-refractivity contribution in [1.82, 2.24) is 5.32 Å². The first-order chi connectivity index (χ1) is 11.3. The van der Waals surface area contributed by atoms with E-state index in [2.05, 4.69) is 19.9 Å². The molecule has 0 unspecified atom stereocenters. The molecule has 0 aromatic heterocycles. The Kier molecular flexibility index (Phi) is 7.72. The lowest BCUT2D eigenvalue weighted by Gasteiger charge is -2.07. The second-order valence-corrected chi connectivity index (χ2v) is 4.91. The normalized spacial score (nSPS) is 10.8. The maximum absolute atomic E-state index is 11.8. The van der Waals surface area contributed by atoms with Crippen molar-refractivity contribution in [3.05, 3.63) is 43.9 Å². The van der Waals surface area contributed by atoms with Crippen LogP contribution >= 0.6 is 23.2 Å². The molecule has 0 radical (unpaired) electrons. The first-order valence-electron chi connectivity index (χ1n) is 6.30. The summed E-state index contributed by atoms with van der Waals surface area (Å²) < 4.78 is 4.47. The Morgan fingerprint density at radius 1 is 1.29 bits per heavy atom. The SMILES string of the molecule is N/C(=N\C(=O)OCCO[N+](=O)[O-])NC(=O)Cc1c(Cl)cccc1Cl. The molecule has 0 atom stereocenters. The molecule has 0 saturated carbocycles. The average Bonchev–Trinajstić information content (AvgIpc) is 2.47. The largest absolute Gasteiger partial charge is 0.446 e. The third kappa shape index (κ3) is 7.11. The molecular formula is C12H12Cl2N4O6. The van der Waals surface area contributed by atoms with E-state index in [1.807, 2.05) is 0 Å². The van der Waals surface area contributed by atoms with Gasteiger partial charge in [0.15, 0.2) is 0 Å². The predicted octanol–water partition coefficient (Wildman–Crippen LogP) is 1.31. The summed E-state index contributed by atoms with van der Waals surface area (Å²) in [6.07, 6.45) is -1.32. The second-order valence-electron chi connectivity index (χ2n) is 4.09. The zero-order valence-electron chi connectivity index (χ0n) is 12.0. The highest BCUT2D eigenvalue weighted by atomic mass is 35.5. The number of nitrogens with zero attached hydrogens (tertiary/aromatic N) is 2. The van der Waals surface area contributed by atoms with Gasteiger partial charge < -0.3 is 15.3 Å². The Morgan fingerprint density at radius 3 is 2.50 bits per heavy atom. The zero-order chi connectivity index (χ0) is 18.1. The summed E-state index contributed by atoms with van der Waals surface area (Å²) in [4.78, 5) is 40.1. The topological polar surface area (TPSA) is 146 Å². The molecule has 3 N–H and O–H groups in total. The number of nitrogens with two attached hydrogens (primary N) is 1. The number of ether oxygens (including phenoxy) is 1. The lowest BCUT2D eigenvalue weighted by atomic mass is 10.1. The summed E-state index contributed by atoms with van der Waals surface area (Å²) in [6.45, 7) is -0.856. The van der Waals surface area contributed by atoms with E-state index in [-0.39, 0.29) is 6.42 Å². The molecule has 0 heterocycles. The van der Waals surface area contributed by atoms with Crippen LogP contribution in [0.5, 0.6) is 0 Å². The van der Waals surface area contributed by atoms with Gasteiger partial charge in [0.1, 0.15) is 13.2 Å². The van der Waals surface area contributed by atoms with Crippen molar-refractivity contribution in [3.8, 4) is 0 Å². The van der Waals surface area contributed by atoms with E-state index in [0.717, 1.165) is 0 Å². The van der Waals surface area contributed by atoms with Crippen LogP contribution in [0.4, 0.5) is 4.79 Å². The molecular weight excluding hydrogens is 367 g/mol. The molecule has 1 aromatic rings. The van der Waals surface area contributed by atoms with Gasteiger partial charge in [0.05, 0.1) is 6.42 Å². The lowest BCUT2D eigenvalue weighted by Crippen LogP contribution is -2.38. The number of halogens is 2. The highest BCUT2D eigenvalue weighted by Crippen LogP contribution is 2.24. The molecule has 0 aliphatic heterocycles. The number of hydrogen-bond acceptors (Lipinski definition) is 6. The summed E-state index contributed by atoms with van der Waals surface area (Å²) in [7, 11) is 0. The molecule has 0 aliphatic carbocycles. The minimum atomic E-state index is -1.14. The van der Waals surface area contributed by atoms with Gasteiger partial charge in [-0.2, -0.15) is 0 Å². The fourth-order valence-corrected chi connectivity index (χ4v) is 1.98. The standard InChI is InChI=1S/C12H12Cl2N4O6/c13-8-2-1-3-9(14)7(8)6-10(19)16-11(15)17-12(20)23-4-5-24-18(21)22/h1-3H,4-6H2,(H3,15,16,17,19,20). The van der Waals surface area contributed by atoms with Crippen LogP contribution in [0.15, 0.2) is 23.2 Å². The molecule has 2 amide bonds. The molecule has 24 heavy (non-hydrogen) atoms. The van der Waals surface area contributed by atoms with Crippen LogP contribution in [0.25, 0.3) is 0 Å². The van der Waals surface area contributed by atoms with Gasteiger partial charge in [-0.25, -0.2) is 4.79 Å². The molecule has 1 aromatic carbocycles. The minimum absolute atomic E-state index is 0.180. The molecule has 0 aliphatic rings. The van der Waals surface area contributed by atoms with Crippen LogP contribution in [-0.2, 0) is 20.8 Å². The number of carbonyl (C=O) groups is 2. The summed E-state index contributed by atoms with van der Waals surface area (Å²) in [6, 6.07) is 4.76. The highest BCUT2D eigenvalue weighted by Gasteiger charge is 2.12. The number of carbonyl (C=O) groups excluding carboxylic acids is 2. The van der Waals surface area contributed by atoms with Crippen molar-refractivity contribution in [2.75, 3.05) is 13.2 Å². The maximum atomic E-state index is 11.8. The number of amides is 2. The average molecular weight is 379 g/mol. The van der Waals surface area contributed by atoms with E-state index in [0.29, 0.717) is 15.6 Å². The van der Waals surface area contributed by atoms with Crippen LogP contribution < -0.4 is 11.1 Å². The molecule has 130 valence electrons. The van der Waals surface area contributed by atoms with Crippen molar-refractivity contribution in [3.63, 3.8) is 0 Å². The van der Waals surface area contributed by atoms with Crippen molar-refractivity contribution < 1.29 is 24.3 Å². The van der Waals surface area contributed by atoms with Gasteiger partial charge >= 0.3 is 6.09 Å². The van der Waals surface area contributed by atoms with Gasteiger partial charge in [0.25, 0.3) is 5.09 Å². The van der Waals surface area contributed by atoms with Gasteiger partial charge in [-0.3, -0.25) is 10.1 Å². The zero-order valence-corrected chi connectivity index (χ0v) is 13.5. The quantitative estimate of drug-likeness (QED) is 0.249. The summed E-state index contributed by atoms with van der Waals surface area (Å²) in [5, 5.41) is 11.6. The van der Waals surface area contributed by atoms with Gasteiger partial charge in [-0.1, -0.05) is 29.3 Å². The van der Waals surface area contributed by atoms with Crippen molar-refractivity contribution >= 4 is 41.2 Å². The number of hydrogen-bond donors (Lipinski definition) is 2. The van der Waals surface area contributed by atoms with Crippen LogP contribution in [0.3, 0.4) is 0 Å². The molecule has 0 saturated heterocycles. The fraction of sp³-hybridized carbons (Fsp3) is 0.250. The molecule has 0 fully saturated rings. The first kappa shape index (κ1) is 19.5. The number of guanidine groups is 1. The van der Waals surface area contributed by atoms with Gasteiger partial charge in [-0.05, 0) is 17.7 Å². The van der Waals surface area contributed by atoms with Gasteiger partial charge in [0.2, 0.25) is 11.9 Å². The lowest BCUT2D eigenvalue weighted by molar-refractivity contribution is -0.757. The smallest absolute Gasteiger partial charge is 0.436 e. The third-order valence-corrected chi connectivity index (χ3v) is 3.09. The fourth-order valence-electron chi connectivity index (χ4n) is 1.45. The maximum Gasteiger partial charge on any atom is 0.436 e. The van der Waals surface area contributed by atoms with Crippen LogP contribution in [0, 0.1) is 10.1 Å². The Morgan fingerprint density at radius 2 is 1.92 bits per heavy atom.